The smallest absolute Gasteiger partial charge is 0.246 e. The molecule has 1 aliphatic rings. The quantitative estimate of drug-likeness (QED) is 0.803. The summed E-state index contributed by atoms with van der Waals surface area (Å²) in [7, 11) is 0. The standard InChI is InChI=1S/C11H13ClO3/c1-6(13)7-4-9-10(5-8(7)12)15-11(2,3)14-9/h4-6,13H,1-3H3. The van der Waals surface area contributed by atoms with Crippen LogP contribution < -0.4 is 9.47 Å². The zero-order valence-electron chi connectivity index (χ0n) is 8.87. The van der Waals surface area contributed by atoms with Crippen LogP contribution in [0.25, 0.3) is 0 Å². The van der Waals surface area contributed by atoms with Crippen LogP contribution in [0.5, 0.6) is 11.5 Å². The Kier molecular flexibility index (Phi) is 2.32. The van der Waals surface area contributed by atoms with Gasteiger partial charge in [0.25, 0.3) is 0 Å². The highest BCUT2D eigenvalue weighted by Crippen LogP contribution is 2.43. The molecular weight excluding hydrogens is 216 g/mol. The van der Waals surface area contributed by atoms with Gasteiger partial charge in [0.05, 0.1) is 11.1 Å². The van der Waals surface area contributed by atoms with E-state index in [1.165, 1.54) is 0 Å². The van der Waals surface area contributed by atoms with Crippen LogP contribution in [0, 0.1) is 0 Å². The molecule has 82 valence electrons. The predicted octanol–water partition coefficient (Wildman–Crippen LogP) is 2.90. The van der Waals surface area contributed by atoms with E-state index in [2.05, 4.69) is 0 Å². The fourth-order valence-electron chi connectivity index (χ4n) is 1.58. The number of aliphatic hydroxyl groups is 1. The topological polar surface area (TPSA) is 38.7 Å². The van der Waals surface area contributed by atoms with Crippen LogP contribution in [0.1, 0.15) is 32.4 Å². The van der Waals surface area contributed by atoms with Crippen molar-refractivity contribution in [1.29, 1.82) is 0 Å². The number of benzene rings is 1. The molecule has 0 amide bonds. The maximum Gasteiger partial charge on any atom is 0.246 e. The fraction of sp³-hybridized carbons (Fsp3) is 0.455. The lowest BCUT2D eigenvalue weighted by atomic mass is 10.1. The van der Waals surface area contributed by atoms with Gasteiger partial charge in [-0.1, -0.05) is 11.6 Å². The molecule has 0 bridgehead atoms. The summed E-state index contributed by atoms with van der Waals surface area (Å²) in [6, 6.07) is 3.39. The van der Waals surface area contributed by atoms with Gasteiger partial charge in [0, 0.05) is 25.5 Å². The molecule has 0 aliphatic carbocycles. The summed E-state index contributed by atoms with van der Waals surface area (Å²) in [6.07, 6.45) is -0.616. The van der Waals surface area contributed by atoms with Crippen LogP contribution in [0.4, 0.5) is 0 Å². The highest BCUT2D eigenvalue weighted by Gasteiger charge is 2.32. The molecule has 1 unspecified atom stereocenters. The van der Waals surface area contributed by atoms with Crippen LogP contribution in [0.2, 0.25) is 5.02 Å². The minimum absolute atomic E-state index is 0.491. The van der Waals surface area contributed by atoms with Gasteiger partial charge in [-0.15, -0.1) is 0 Å². The Morgan fingerprint density at radius 1 is 1.27 bits per heavy atom. The molecule has 1 atom stereocenters. The number of fused-ring (bicyclic) bond motifs is 1. The van der Waals surface area contributed by atoms with E-state index in [9.17, 15) is 5.11 Å². The maximum absolute atomic E-state index is 9.49. The maximum atomic E-state index is 9.49. The van der Waals surface area contributed by atoms with Crippen LogP contribution in [0.15, 0.2) is 12.1 Å². The summed E-state index contributed by atoms with van der Waals surface area (Å²) in [5.74, 6) is 0.581. The Morgan fingerprint density at radius 3 is 2.33 bits per heavy atom. The molecule has 0 saturated heterocycles. The molecular formula is C11H13ClO3. The molecule has 1 heterocycles. The molecule has 0 saturated carbocycles. The van der Waals surface area contributed by atoms with E-state index in [4.69, 9.17) is 21.1 Å². The first-order valence-electron chi connectivity index (χ1n) is 4.78. The van der Waals surface area contributed by atoms with Gasteiger partial charge in [0.15, 0.2) is 11.5 Å². The van der Waals surface area contributed by atoms with E-state index in [-0.39, 0.29) is 0 Å². The molecule has 0 fully saturated rings. The summed E-state index contributed by atoms with van der Waals surface area (Å²) < 4.78 is 11.1. The summed E-state index contributed by atoms with van der Waals surface area (Å²) in [6.45, 7) is 5.31. The molecule has 0 radical (unpaired) electrons. The van der Waals surface area contributed by atoms with Crippen molar-refractivity contribution in [3.8, 4) is 11.5 Å². The summed E-state index contributed by atoms with van der Waals surface area (Å²) >= 11 is 6.00. The minimum Gasteiger partial charge on any atom is -0.449 e. The normalized spacial score (nSPS) is 19.0. The largest absolute Gasteiger partial charge is 0.449 e. The van der Waals surface area contributed by atoms with Crippen molar-refractivity contribution in [3.63, 3.8) is 0 Å². The van der Waals surface area contributed by atoms with Crippen molar-refractivity contribution in [2.75, 3.05) is 0 Å². The van der Waals surface area contributed by atoms with Gasteiger partial charge in [0.2, 0.25) is 5.79 Å². The Bertz CT molecular complexity index is 399. The van der Waals surface area contributed by atoms with Crippen molar-refractivity contribution in [2.24, 2.45) is 0 Å². The Morgan fingerprint density at radius 2 is 1.80 bits per heavy atom. The van der Waals surface area contributed by atoms with E-state index < -0.39 is 11.9 Å². The van der Waals surface area contributed by atoms with Gasteiger partial charge in [0.1, 0.15) is 0 Å². The third-order valence-electron chi connectivity index (χ3n) is 2.22. The second kappa shape index (κ2) is 3.29. The van der Waals surface area contributed by atoms with Crippen molar-refractivity contribution < 1.29 is 14.6 Å². The van der Waals surface area contributed by atoms with Crippen molar-refractivity contribution in [1.82, 2.24) is 0 Å². The number of ether oxygens (including phenoxy) is 2. The summed E-state index contributed by atoms with van der Waals surface area (Å²) in [5.41, 5.74) is 0.650. The number of hydrogen-bond donors (Lipinski definition) is 1. The number of hydrogen-bond acceptors (Lipinski definition) is 3. The second-order valence-electron chi connectivity index (χ2n) is 4.10. The monoisotopic (exact) mass is 228 g/mol. The molecule has 0 aromatic heterocycles. The zero-order chi connectivity index (χ0) is 11.2. The van der Waals surface area contributed by atoms with E-state index in [0.717, 1.165) is 0 Å². The van der Waals surface area contributed by atoms with E-state index in [1.807, 2.05) is 13.8 Å². The van der Waals surface area contributed by atoms with E-state index >= 15 is 0 Å². The Hall–Kier alpha value is -0.930. The lowest BCUT2D eigenvalue weighted by Gasteiger charge is -2.16. The molecule has 1 aliphatic heterocycles. The zero-order valence-corrected chi connectivity index (χ0v) is 9.63. The first-order valence-corrected chi connectivity index (χ1v) is 5.16. The third kappa shape index (κ3) is 1.90. The molecule has 0 spiro atoms. The van der Waals surface area contributed by atoms with Gasteiger partial charge in [-0.2, -0.15) is 0 Å². The molecule has 1 N–H and O–H groups in total. The average molecular weight is 229 g/mol. The van der Waals surface area contributed by atoms with Gasteiger partial charge in [-0.25, -0.2) is 0 Å². The van der Waals surface area contributed by atoms with Crippen LogP contribution in [-0.2, 0) is 0 Å². The summed E-state index contributed by atoms with van der Waals surface area (Å²) in [5, 5.41) is 9.98. The van der Waals surface area contributed by atoms with Crippen LogP contribution >= 0.6 is 11.6 Å². The molecule has 3 nitrogen and oxygen atoms in total. The lowest BCUT2D eigenvalue weighted by molar-refractivity contribution is -0.0431. The van der Waals surface area contributed by atoms with Crippen molar-refractivity contribution >= 4 is 11.6 Å². The Balaban J connectivity index is 2.45. The third-order valence-corrected chi connectivity index (χ3v) is 2.55. The first-order chi connectivity index (χ1) is 6.89. The highest BCUT2D eigenvalue weighted by molar-refractivity contribution is 6.31. The highest BCUT2D eigenvalue weighted by atomic mass is 35.5. The minimum atomic E-state index is -0.664. The Labute approximate surface area is 93.6 Å². The van der Waals surface area contributed by atoms with Gasteiger partial charge in [-0.05, 0) is 13.0 Å². The van der Waals surface area contributed by atoms with Crippen LogP contribution in [-0.4, -0.2) is 10.9 Å². The van der Waals surface area contributed by atoms with Gasteiger partial charge < -0.3 is 14.6 Å². The SMILES string of the molecule is CC(O)c1cc2c(cc1Cl)OC(C)(C)O2. The van der Waals surface area contributed by atoms with E-state index in [1.54, 1.807) is 19.1 Å². The summed E-state index contributed by atoms with van der Waals surface area (Å²) in [4.78, 5) is 0. The fourth-order valence-corrected chi connectivity index (χ4v) is 1.89. The number of rotatable bonds is 1. The molecule has 4 heteroatoms. The average Bonchev–Trinajstić information content (AvgIpc) is 2.36. The number of halogens is 1. The first kappa shape index (κ1) is 10.6. The number of aliphatic hydroxyl groups excluding tert-OH is 1. The lowest BCUT2D eigenvalue weighted by Crippen LogP contribution is -2.29. The van der Waals surface area contributed by atoms with Gasteiger partial charge >= 0.3 is 0 Å². The van der Waals surface area contributed by atoms with Crippen LogP contribution in [0.3, 0.4) is 0 Å². The van der Waals surface area contributed by atoms with Gasteiger partial charge in [-0.3, -0.25) is 0 Å². The molecule has 1 aromatic rings. The second-order valence-corrected chi connectivity index (χ2v) is 4.51. The van der Waals surface area contributed by atoms with Crippen molar-refractivity contribution in [3.05, 3.63) is 22.7 Å². The molecule has 1 aromatic carbocycles. The predicted molar refractivity (Wildman–Crippen MR) is 57.4 cm³/mol. The van der Waals surface area contributed by atoms with Crippen molar-refractivity contribution in [2.45, 2.75) is 32.7 Å². The molecule has 15 heavy (non-hydrogen) atoms. The molecule has 2 rings (SSSR count). The van der Waals surface area contributed by atoms with E-state index in [0.29, 0.717) is 22.1 Å².